The second-order valence-corrected chi connectivity index (χ2v) is 3.48. The van der Waals surface area contributed by atoms with E-state index in [2.05, 4.69) is 20.4 Å². The van der Waals surface area contributed by atoms with Gasteiger partial charge in [0.2, 0.25) is 0 Å². The minimum absolute atomic E-state index is 0.468. The fourth-order valence-electron chi connectivity index (χ4n) is 1.36. The van der Waals surface area contributed by atoms with Crippen LogP contribution >= 0.6 is 0 Å². The molecule has 1 fully saturated rings. The zero-order chi connectivity index (χ0) is 7.61. The second-order valence-electron chi connectivity index (χ2n) is 3.48. The van der Waals surface area contributed by atoms with E-state index in [0.717, 1.165) is 18.8 Å². The Morgan fingerprint density at radius 3 is 2.80 bits per heavy atom. The van der Waals surface area contributed by atoms with Crippen LogP contribution in [0, 0.1) is 5.41 Å². The predicted octanol–water partition coefficient (Wildman–Crippen LogP) is 2.73. The Morgan fingerprint density at radius 1 is 1.70 bits per heavy atom. The minimum atomic E-state index is 0.468. The Kier molecular flexibility index (Phi) is 2.02. The van der Waals surface area contributed by atoms with Crippen LogP contribution in [0.2, 0.25) is 0 Å². The van der Waals surface area contributed by atoms with Crippen molar-refractivity contribution in [2.24, 2.45) is 5.41 Å². The third-order valence-electron chi connectivity index (χ3n) is 2.49. The molecule has 0 N–H and O–H groups in total. The van der Waals surface area contributed by atoms with Crippen molar-refractivity contribution in [3.8, 4) is 0 Å². The number of ether oxygens (including phenoxy) is 1. The maximum atomic E-state index is 5.28. The summed E-state index contributed by atoms with van der Waals surface area (Å²) in [5, 5.41) is 0. The van der Waals surface area contributed by atoms with Crippen molar-refractivity contribution in [3.63, 3.8) is 0 Å². The van der Waals surface area contributed by atoms with Gasteiger partial charge in [-0.1, -0.05) is 26.8 Å². The highest BCUT2D eigenvalue weighted by Crippen LogP contribution is 2.36. The van der Waals surface area contributed by atoms with Gasteiger partial charge in [-0.2, -0.15) is 0 Å². The van der Waals surface area contributed by atoms with Crippen molar-refractivity contribution < 1.29 is 4.74 Å². The normalized spacial score (nSPS) is 33.6. The highest BCUT2D eigenvalue weighted by molar-refractivity contribution is 4.94. The largest absolute Gasteiger partial charge is 0.499 e. The van der Waals surface area contributed by atoms with Gasteiger partial charge in [0.1, 0.15) is 0 Å². The summed E-state index contributed by atoms with van der Waals surface area (Å²) in [6, 6.07) is 0. The monoisotopic (exact) mass is 140 g/mol. The van der Waals surface area contributed by atoms with Gasteiger partial charge in [0, 0.05) is 6.42 Å². The zero-order valence-electron chi connectivity index (χ0n) is 6.94. The lowest BCUT2D eigenvalue weighted by atomic mass is 9.79. The molecule has 58 valence electrons. The summed E-state index contributed by atoms with van der Waals surface area (Å²) >= 11 is 0. The van der Waals surface area contributed by atoms with E-state index in [-0.39, 0.29) is 0 Å². The lowest BCUT2D eigenvalue weighted by molar-refractivity contribution is 0.0791. The maximum Gasteiger partial charge on any atom is 0.0893 e. The molecule has 1 saturated heterocycles. The molecule has 1 nitrogen and oxygen atoms in total. The molecule has 1 rings (SSSR count). The van der Waals surface area contributed by atoms with E-state index in [9.17, 15) is 0 Å². The van der Waals surface area contributed by atoms with Crippen LogP contribution in [0.1, 0.15) is 33.1 Å². The zero-order valence-corrected chi connectivity index (χ0v) is 6.94. The average molecular weight is 140 g/mol. The highest BCUT2D eigenvalue weighted by Gasteiger charge is 2.27. The quantitative estimate of drug-likeness (QED) is 0.544. The molecule has 0 aliphatic carbocycles. The Labute approximate surface area is 63.1 Å². The fraction of sp³-hybridized carbons (Fsp3) is 0.778. The van der Waals surface area contributed by atoms with Crippen molar-refractivity contribution in [1.29, 1.82) is 0 Å². The van der Waals surface area contributed by atoms with Crippen molar-refractivity contribution >= 4 is 0 Å². The standard InChI is InChI=1S/C9H16O/c1-4-9(3)5-6-10-8(2)7-9/h2,4-7H2,1,3H3. The van der Waals surface area contributed by atoms with Crippen molar-refractivity contribution in [2.45, 2.75) is 33.1 Å². The van der Waals surface area contributed by atoms with Crippen LogP contribution in [-0.4, -0.2) is 6.61 Å². The van der Waals surface area contributed by atoms with Gasteiger partial charge in [-0.15, -0.1) is 0 Å². The molecule has 1 atom stereocenters. The van der Waals surface area contributed by atoms with Crippen LogP contribution in [0.5, 0.6) is 0 Å². The van der Waals surface area contributed by atoms with Gasteiger partial charge in [0.15, 0.2) is 0 Å². The number of rotatable bonds is 1. The molecule has 0 aromatic carbocycles. The van der Waals surface area contributed by atoms with Gasteiger partial charge in [-0.05, 0) is 11.8 Å². The lowest BCUT2D eigenvalue weighted by Crippen LogP contribution is -2.23. The number of hydrogen-bond acceptors (Lipinski definition) is 1. The van der Waals surface area contributed by atoms with Gasteiger partial charge >= 0.3 is 0 Å². The smallest absolute Gasteiger partial charge is 0.0893 e. The summed E-state index contributed by atoms with van der Waals surface area (Å²) in [7, 11) is 0. The molecule has 1 heteroatoms. The first kappa shape index (κ1) is 7.64. The van der Waals surface area contributed by atoms with Gasteiger partial charge < -0.3 is 4.74 Å². The van der Waals surface area contributed by atoms with Crippen LogP contribution in [0.25, 0.3) is 0 Å². The van der Waals surface area contributed by atoms with Gasteiger partial charge in [-0.3, -0.25) is 0 Å². The molecular formula is C9H16O. The summed E-state index contributed by atoms with van der Waals surface area (Å²) in [6.45, 7) is 9.24. The molecule has 0 spiro atoms. The molecule has 1 unspecified atom stereocenters. The van der Waals surface area contributed by atoms with E-state index < -0.39 is 0 Å². The first-order chi connectivity index (χ1) is 4.66. The van der Waals surface area contributed by atoms with E-state index in [1.807, 2.05) is 0 Å². The van der Waals surface area contributed by atoms with Crippen LogP contribution < -0.4 is 0 Å². The summed E-state index contributed by atoms with van der Waals surface area (Å²) in [4.78, 5) is 0. The van der Waals surface area contributed by atoms with Gasteiger partial charge in [0.25, 0.3) is 0 Å². The summed E-state index contributed by atoms with van der Waals surface area (Å²) in [5.41, 5.74) is 0.468. The van der Waals surface area contributed by atoms with E-state index in [0.29, 0.717) is 5.41 Å². The summed E-state index contributed by atoms with van der Waals surface area (Å²) < 4.78 is 5.28. The van der Waals surface area contributed by atoms with Crippen molar-refractivity contribution in [1.82, 2.24) is 0 Å². The first-order valence-electron chi connectivity index (χ1n) is 3.97. The van der Waals surface area contributed by atoms with Crippen molar-refractivity contribution in [2.75, 3.05) is 6.61 Å². The third-order valence-corrected chi connectivity index (χ3v) is 2.49. The lowest BCUT2D eigenvalue weighted by Gasteiger charge is -2.33. The fourth-order valence-corrected chi connectivity index (χ4v) is 1.36. The van der Waals surface area contributed by atoms with Crippen LogP contribution in [0.4, 0.5) is 0 Å². The molecule has 0 bridgehead atoms. The molecule has 0 aromatic rings. The molecule has 1 aliphatic rings. The van der Waals surface area contributed by atoms with Crippen molar-refractivity contribution in [3.05, 3.63) is 12.3 Å². The average Bonchev–Trinajstić information content (AvgIpc) is 1.88. The SMILES string of the molecule is C=C1CC(C)(CC)CCO1. The highest BCUT2D eigenvalue weighted by atomic mass is 16.5. The second kappa shape index (κ2) is 2.65. The topological polar surface area (TPSA) is 9.23 Å². The molecule has 0 amide bonds. The number of allylic oxidation sites excluding steroid dienone is 1. The van der Waals surface area contributed by atoms with Gasteiger partial charge in [0.05, 0.1) is 12.4 Å². The number of hydrogen-bond donors (Lipinski definition) is 0. The maximum absolute atomic E-state index is 5.28. The molecule has 0 saturated carbocycles. The third kappa shape index (κ3) is 1.53. The molecule has 0 radical (unpaired) electrons. The Morgan fingerprint density at radius 2 is 2.40 bits per heavy atom. The Balaban J connectivity index is 2.53. The molecule has 0 aromatic heterocycles. The van der Waals surface area contributed by atoms with Crippen LogP contribution in [0.3, 0.4) is 0 Å². The first-order valence-corrected chi connectivity index (χ1v) is 3.97. The molecule has 1 aliphatic heterocycles. The van der Waals surface area contributed by atoms with Crippen LogP contribution in [-0.2, 0) is 4.74 Å². The molecule has 1 heterocycles. The Hall–Kier alpha value is -0.460. The Bertz CT molecular complexity index is 140. The summed E-state index contributed by atoms with van der Waals surface area (Å²) in [6.07, 6.45) is 3.46. The van der Waals surface area contributed by atoms with Crippen LogP contribution in [0.15, 0.2) is 12.3 Å². The predicted molar refractivity (Wildman–Crippen MR) is 42.7 cm³/mol. The summed E-state index contributed by atoms with van der Waals surface area (Å²) in [5.74, 6) is 0.968. The van der Waals surface area contributed by atoms with E-state index in [1.165, 1.54) is 12.8 Å². The molecular weight excluding hydrogens is 124 g/mol. The molecule has 10 heavy (non-hydrogen) atoms. The van der Waals surface area contributed by atoms with Gasteiger partial charge in [-0.25, -0.2) is 0 Å². The van der Waals surface area contributed by atoms with E-state index in [1.54, 1.807) is 0 Å². The minimum Gasteiger partial charge on any atom is -0.499 e. The van der Waals surface area contributed by atoms with E-state index in [4.69, 9.17) is 4.74 Å². The van der Waals surface area contributed by atoms with E-state index >= 15 is 0 Å².